The van der Waals surface area contributed by atoms with Gasteiger partial charge in [0.1, 0.15) is 0 Å². The number of anilines is 1. The summed E-state index contributed by atoms with van der Waals surface area (Å²) in [5.74, 6) is -0.659. The monoisotopic (exact) mass is 392 g/mol. The number of benzene rings is 1. The SMILES string of the molecule is Cc1cc(NC(=O)CCN2C(=O)[C@@H]3CCCC[C@H]3C2=O)ccc1Br. The van der Waals surface area contributed by atoms with E-state index in [1.165, 1.54) is 4.90 Å². The highest BCUT2D eigenvalue weighted by molar-refractivity contribution is 9.10. The van der Waals surface area contributed by atoms with E-state index in [2.05, 4.69) is 21.2 Å². The van der Waals surface area contributed by atoms with Crippen molar-refractivity contribution in [3.63, 3.8) is 0 Å². The molecule has 0 unspecified atom stereocenters. The lowest BCUT2D eigenvalue weighted by molar-refractivity contribution is -0.140. The summed E-state index contributed by atoms with van der Waals surface area (Å²) < 4.78 is 0.983. The summed E-state index contributed by atoms with van der Waals surface area (Å²) in [6, 6.07) is 5.57. The fourth-order valence-electron chi connectivity index (χ4n) is 3.61. The molecular weight excluding hydrogens is 372 g/mol. The van der Waals surface area contributed by atoms with Gasteiger partial charge in [0.05, 0.1) is 11.8 Å². The lowest BCUT2D eigenvalue weighted by Gasteiger charge is -2.19. The van der Waals surface area contributed by atoms with Crippen molar-refractivity contribution in [2.45, 2.75) is 39.0 Å². The van der Waals surface area contributed by atoms with Crippen molar-refractivity contribution in [1.29, 1.82) is 0 Å². The molecule has 1 aromatic rings. The standard InChI is InChI=1S/C18H21BrN2O3/c1-11-10-12(6-7-15(11)19)20-16(22)8-9-21-17(23)13-4-2-3-5-14(13)18(21)24/h6-7,10,13-14H,2-5,8-9H2,1H3,(H,20,22)/t13-,14-/m1/s1. The first-order chi connectivity index (χ1) is 11.5. The van der Waals surface area contributed by atoms with Gasteiger partial charge < -0.3 is 5.32 Å². The molecule has 0 radical (unpaired) electrons. The van der Waals surface area contributed by atoms with E-state index in [-0.39, 0.29) is 42.5 Å². The fourth-order valence-corrected chi connectivity index (χ4v) is 3.86. The number of nitrogens with one attached hydrogen (secondary N) is 1. The van der Waals surface area contributed by atoms with Crippen LogP contribution in [-0.4, -0.2) is 29.2 Å². The van der Waals surface area contributed by atoms with Gasteiger partial charge in [-0.05, 0) is 43.5 Å². The van der Waals surface area contributed by atoms with Crippen LogP contribution in [0.5, 0.6) is 0 Å². The number of carbonyl (C=O) groups is 3. The van der Waals surface area contributed by atoms with Crippen LogP contribution in [0.3, 0.4) is 0 Å². The molecule has 1 saturated carbocycles. The molecule has 1 aliphatic heterocycles. The molecule has 1 N–H and O–H groups in total. The summed E-state index contributed by atoms with van der Waals surface area (Å²) in [7, 11) is 0. The zero-order valence-corrected chi connectivity index (χ0v) is 15.3. The second-order valence-corrected chi connectivity index (χ2v) is 7.44. The van der Waals surface area contributed by atoms with Gasteiger partial charge in [-0.1, -0.05) is 28.8 Å². The van der Waals surface area contributed by atoms with E-state index in [1.807, 2.05) is 25.1 Å². The fraction of sp³-hybridized carbons (Fsp3) is 0.500. The molecule has 1 saturated heterocycles. The van der Waals surface area contributed by atoms with E-state index in [1.54, 1.807) is 0 Å². The van der Waals surface area contributed by atoms with Crippen LogP contribution in [0.1, 0.15) is 37.7 Å². The van der Waals surface area contributed by atoms with E-state index < -0.39 is 0 Å². The molecule has 0 bridgehead atoms. The number of rotatable bonds is 4. The topological polar surface area (TPSA) is 66.5 Å². The van der Waals surface area contributed by atoms with Crippen LogP contribution in [-0.2, 0) is 14.4 Å². The average Bonchev–Trinajstić information content (AvgIpc) is 2.81. The molecule has 1 aliphatic carbocycles. The minimum atomic E-state index is -0.188. The number of halogens is 1. The van der Waals surface area contributed by atoms with Crippen molar-refractivity contribution < 1.29 is 14.4 Å². The molecule has 1 heterocycles. The van der Waals surface area contributed by atoms with Gasteiger partial charge in [0.25, 0.3) is 0 Å². The molecular formula is C18H21BrN2O3. The van der Waals surface area contributed by atoms with Gasteiger partial charge in [-0.2, -0.15) is 0 Å². The molecule has 2 atom stereocenters. The number of imide groups is 1. The second kappa shape index (κ2) is 7.05. The molecule has 24 heavy (non-hydrogen) atoms. The van der Waals surface area contributed by atoms with Crippen molar-refractivity contribution in [1.82, 2.24) is 4.90 Å². The van der Waals surface area contributed by atoms with Gasteiger partial charge in [0, 0.05) is 23.1 Å². The summed E-state index contributed by atoms with van der Waals surface area (Å²) in [6.45, 7) is 2.12. The third-order valence-electron chi connectivity index (χ3n) is 4.94. The summed E-state index contributed by atoms with van der Waals surface area (Å²) in [5.41, 5.74) is 1.75. The van der Waals surface area contributed by atoms with Gasteiger partial charge in [0.2, 0.25) is 17.7 Å². The number of likely N-dealkylation sites (tertiary alicyclic amines) is 1. The predicted octanol–water partition coefficient (Wildman–Crippen LogP) is 3.26. The number of hydrogen-bond acceptors (Lipinski definition) is 3. The molecule has 0 aromatic heterocycles. The van der Waals surface area contributed by atoms with Crippen molar-refractivity contribution in [3.8, 4) is 0 Å². The summed E-state index contributed by atoms with van der Waals surface area (Å²) in [4.78, 5) is 38.2. The number of nitrogens with zero attached hydrogens (tertiary/aromatic N) is 1. The zero-order valence-electron chi connectivity index (χ0n) is 13.7. The van der Waals surface area contributed by atoms with Crippen molar-refractivity contribution in [2.75, 3.05) is 11.9 Å². The Hall–Kier alpha value is -1.69. The molecule has 5 nitrogen and oxygen atoms in total. The Kier molecular flexibility index (Phi) is 5.04. The maximum absolute atomic E-state index is 12.4. The van der Waals surface area contributed by atoms with Gasteiger partial charge in [-0.15, -0.1) is 0 Å². The van der Waals surface area contributed by atoms with E-state index in [4.69, 9.17) is 0 Å². The molecule has 0 spiro atoms. The Morgan fingerprint density at radius 1 is 1.21 bits per heavy atom. The minimum absolute atomic E-state index is 0.0861. The minimum Gasteiger partial charge on any atom is -0.326 e. The molecule has 2 aliphatic rings. The van der Waals surface area contributed by atoms with Crippen molar-refractivity contribution in [3.05, 3.63) is 28.2 Å². The number of fused-ring (bicyclic) bond motifs is 1. The van der Waals surface area contributed by atoms with E-state index in [0.717, 1.165) is 35.7 Å². The van der Waals surface area contributed by atoms with Crippen molar-refractivity contribution in [2.24, 2.45) is 11.8 Å². The molecule has 128 valence electrons. The van der Waals surface area contributed by atoms with Crippen LogP contribution >= 0.6 is 15.9 Å². The number of carbonyl (C=O) groups excluding carboxylic acids is 3. The number of aryl methyl sites for hydroxylation is 1. The van der Waals surface area contributed by atoms with E-state index in [9.17, 15) is 14.4 Å². The van der Waals surface area contributed by atoms with Gasteiger partial charge in [-0.3, -0.25) is 19.3 Å². The molecule has 3 amide bonds. The van der Waals surface area contributed by atoms with E-state index in [0.29, 0.717) is 5.69 Å². The molecule has 3 rings (SSSR count). The Bertz CT molecular complexity index is 665. The highest BCUT2D eigenvalue weighted by Crippen LogP contribution is 2.37. The Labute approximate surface area is 149 Å². The van der Waals surface area contributed by atoms with Crippen LogP contribution in [0.15, 0.2) is 22.7 Å². The van der Waals surface area contributed by atoms with Crippen LogP contribution in [0.2, 0.25) is 0 Å². The van der Waals surface area contributed by atoms with Crippen LogP contribution in [0.4, 0.5) is 5.69 Å². The highest BCUT2D eigenvalue weighted by Gasteiger charge is 2.47. The third-order valence-corrected chi connectivity index (χ3v) is 5.83. The third kappa shape index (κ3) is 3.38. The van der Waals surface area contributed by atoms with Crippen LogP contribution in [0, 0.1) is 18.8 Å². The highest BCUT2D eigenvalue weighted by atomic mass is 79.9. The first-order valence-electron chi connectivity index (χ1n) is 8.38. The number of hydrogen-bond donors (Lipinski definition) is 1. The molecule has 2 fully saturated rings. The lowest BCUT2D eigenvalue weighted by Crippen LogP contribution is -2.34. The average molecular weight is 393 g/mol. The molecule has 1 aromatic carbocycles. The van der Waals surface area contributed by atoms with Gasteiger partial charge >= 0.3 is 0 Å². The first kappa shape index (κ1) is 17.1. The van der Waals surface area contributed by atoms with Crippen molar-refractivity contribution >= 4 is 39.3 Å². The normalized spacial score (nSPS) is 23.3. The largest absolute Gasteiger partial charge is 0.326 e. The maximum atomic E-state index is 12.4. The summed E-state index contributed by atoms with van der Waals surface area (Å²) in [5, 5.41) is 2.82. The molecule has 6 heteroatoms. The van der Waals surface area contributed by atoms with Crippen LogP contribution < -0.4 is 5.32 Å². The van der Waals surface area contributed by atoms with Crippen LogP contribution in [0.25, 0.3) is 0 Å². The number of amides is 3. The smallest absolute Gasteiger partial charge is 0.233 e. The Morgan fingerprint density at radius 2 is 1.83 bits per heavy atom. The quantitative estimate of drug-likeness (QED) is 0.799. The summed E-state index contributed by atoms with van der Waals surface area (Å²) in [6.07, 6.45) is 3.76. The lowest BCUT2D eigenvalue weighted by atomic mass is 9.81. The predicted molar refractivity (Wildman–Crippen MR) is 94.3 cm³/mol. The zero-order chi connectivity index (χ0) is 17.3. The van der Waals surface area contributed by atoms with Gasteiger partial charge in [-0.25, -0.2) is 0 Å². The first-order valence-corrected chi connectivity index (χ1v) is 9.18. The van der Waals surface area contributed by atoms with E-state index >= 15 is 0 Å². The Balaban J connectivity index is 1.57. The summed E-state index contributed by atoms with van der Waals surface area (Å²) >= 11 is 3.42. The second-order valence-electron chi connectivity index (χ2n) is 6.59. The Morgan fingerprint density at radius 3 is 2.42 bits per heavy atom. The van der Waals surface area contributed by atoms with Gasteiger partial charge in [0.15, 0.2) is 0 Å². The maximum Gasteiger partial charge on any atom is 0.233 e.